The molecule has 0 N–H and O–H groups in total. The van der Waals surface area contributed by atoms with Crippen molar-refractivity contribution in [3.8, 4) is 0 Å². The molecule has 0 aliphatic carbocycles. The monoisotopic (exact) mass is 458 g/mol. The van der Waals surface area contributed by atoms with E-state index >= 15 is 0 Å². The maximum absolute atomic E-state index is 13.6. The lowest BCUT2D eigenvalue weighted by Gasteiger charge is -2.40. The first kappa shape index (κ1) is 22.2. The standard InChI is InChI=1S/C22H26N4O5S/c27-22(21(18-5-2-1-3-6-18)24-13-15-32(30,31)16-14-24)25-11-9-23(10-12-25)19-7-4-8-20(17-19)26(28)29/h1-8,17,21H,9-16H2. The van der Waals surface area contributed by atoms with Gasteiger partial charge in [0.2, 0.25) is 5.91 Å². The molecule has 0 spiro atoms. The zero-order valence-electron chi connectivity index (χ0n) is 17.7. The van der Waals surface area contributed by atoms with E-state index in [-0.39, 0.29) is 23.1 Å². The number of amides is 1. The number of piperazine rings is 1. The third-order valence-electron chi connectivity index (χ3n) is 6.09. The quantitative estimate of drug-likeness (QED) is 0.496. The molecule has 1 amide bonds. The Balaban J connectivity index is 1.48. The summed E-state index contributed by atoms with van der Waals surface area (Å²) >= 11 is 0. The number of non-ortho nitro benzene ring substituents is 1. The highest BCUT2D eigenvalue weighted by molar-refractivity contribution is 7.91. The van der Waals surface area contributed by atoms with Gasteiger partial charge in [-0.05, 0) is 11.6 Å². The number of nitro benzene ring substituents is 1. The molecule has 1 unspecified atom stereocenters. The Morgan fingerprint density at radius 1 is 0.906 bits per heavy atom. The number of carbonyl (C=O) groups is 1. The normalized spacial score (nSPS) is 20.0. The summed E-state index contributed by atoms with van der Waals surface area (Å²) in [5.74, 6) is 0.0862. The Hall–Kier alpha value is -2.98. The van der Waals surface area contributed by atoms with E-state index in [1.165, 1.54) is 6.07 Å². The van der Waals surface area contributed by atoms with Gasteiger partial charge in [-0.2, -0.15) is 0 Å². The fourth-order valence-electron chi connectivity index (χ4n) is 4.29. The molecule has 0 saturated carbocycles. The van der Waals surface area contributed by atoms with E-state index in [1.54, 1.807) is 12.1 Å². The average Bonchev–Trinajstić information content (AvgIpc) is 2.81. The largest absolute Gasteiger partial charge is 0.368 e. The second-order valence-electron chi connectivity index (χ2n) is 8.09. The van der Waals surface area contributed by atoms with E-state index < -0.39 is 20.8 Å². The lowest BCUT2D eigenvalue weighted by molar-refractivity contribution is -0.384. The minimum Gasteiger partial charge on any atom is -0.368 e. The number of sulfone groups is 1. The molecule has 10 heteroatoms. The van der Waals surface area contributed by atoms with E-state index in [4.69, 9.17) is 0 Å². The second-order valence-corrected chi connectivity index (χ2v) is 10.4. The van der Waals surface area contributed by atoms with Crippen LogP contribution in [0, 0.1) is 10.1 Å². The Bertz CT molecular complexity index is 1070. The first-order valence-electron chi connectivity index (χ1n) is 10.6. The van der Waals surface area contributed by atoms with Crippen molar-refractivity contribution < 1.29 is 18.1 Å². The first-order valence-corrected chi connectivity index (χ1v) is 12.4. The van der Waals surface area contributed by atoms with Crippen LogP contribution in [0.2, 0.25) is 0 Å². The van der Waals surface area contributed by atoms with E-state index in [0.717, 1.165) is 11.3 Å². The van der Waals surface area contributed by atoms with Gasteiger partial charge in [0.15, 0.2) is 9.84 Å². The minimum absolute atomic E-state index is 0.0332. The summed E-state index contributed by atoms with van der Waals surface area (Å²) in [5, 5.41) is 11.1. The Kier molecular flexibility index (Phi) is 6.43. The molecule has 2 aliphatic rings. The molecular weight excluding hydrogens is 432 g/mol. The summed E-state index contributed by atoms with van der Waals surface area (Å²) in [5.41, 5.74) is 1.68. The number of benzene rings is 2. The zero-order chi connectivity index (χ0) is 22.7. The first-order chi connectivity index (χ1) is 15.3. The number of nitro groups is 1. The van der Waals surface area contributed by atoms with Crippen molar-refractivity contribution in [3.05, 3.63) is 70.3 Å². The van der Waals surface area contributed by atoms with E-state index in [0.29, 0.717) is 39.3 Å². The maximum atomic E-state index is 13.6. The highest BCUT2D eigenvalue weighted by Gasteiger charge is 2.36. The molecule has 9 nitrogen and oxygen atoms in total. The van der Waals surface area contributed by atoms with Crippen LogP contribution in [0.25, 0.3) is 0 Å². The van der Waals surface area contributed by atoms with Gasteiger partial charge >= 0.3 is 0 Å². The summed E-state index contributed by atoms with van der Waals surface area (Å²) < 4.78 is 23.8. The predicted octanol–water partition coefficient (Wildman–Crippen LogP) is 1.72. The van der Waals surface area contributed by atoms with Crippen LogP contribution in [0.15, 0.2) is 54.6 Å². The van der Waals surface area contributed by atoms with Crippen LogP contribution < -0.4 is 4.90 Å². The number of hydrogen-bond donors (Lipinski definition) is 0. The highest BCUT2D eigenvalue weighted by Crippen LogP contribution is 2.27. The van der Waals surface area contributed by atoms with Gasteiger partial charge in [-0.25, -0.2) is 8.42 Å². The van der Waals surface area contributed by atoms with Crippen molar-refractivity contribution >= 4 is 27.1 Å². The summed E-state index contributed by atoms with van der Waals surface area (Å²) in [6, 6.07) is 15.5. The van der Waals surface area contributed by atoms with Crippen molar-refractivity contribution in [2.24, 2.45) is 0 Å². The van der Waals surface area contributed by atoms with Gasteiger partial charge in [0, 0.05) is 57.1 Å². The third kappa shape index (κ3) is 4.91. The van der Waals surface area contributed by atoms with Crippen LogP contribution in [-0.4, -0.2) is 79.8 Å². The van der Waals surface area contributed by atoms with Gasteiger partial charge in [0.05, 0.1) is 16.4 Å². The molecule has 2 aromatic rings. The molecule has 170 valence electrons. The molecule has 0 bridgehead atoms. The van der Waals surface area contributed by atoms with Crippen molar-refractivity contribution in [2.75, 3.05) is 55.7 Å². The predicted molar refractivity (Wildman–Crippen MR) is 121 cm³/mol. The molecule has 0 aromatic heterocycles. The zero-order valence-corrected chi connectivity index (χ0v) is 18.5. The van der Waals surface area contributed by atoms with Gasteiger partial charge in [-0.15, -0.1) is 0 Å². The SMILES string of the molecule is O=C(C(c1ccccc1)N1CCS(=O)(=O)CC1)N1CCN(c2cccc([N+](=O)[O-])c2)CC1. The third-order valence-corrected chi connectivity index (χ3v) is 7.70. The maximum Gasteiger partial charge on any atom is 0.271 e. The van der Waals surface area contributed by atoms with Crippen molar-refractivity contribution in [2.45, 2.75) is 6.04 Å². The lowest BCUT2D eigenvalue weighted by Crippen LogP contribution is -2.54. The molecule has 2 heterocycles. The molecule has 2 saturated heterocycles. The number of hydrogen-bond acceptors (Lipinski definition) is 7. The average molecular weight is 459 g/mol. The van der Waals surface area contributed by atoms with Gasteiger partial charge < -0.3 is 9.80 Å². The van der Waals surface area contributed by atoms with Gasteiger partial charge in [-0.1, -0.05) is 36.4 Å². The lowest BCUT2D eigenvalue weighted by atomic mass is 10.0. The Morgan fingerprint density at radius 2 is 1.56 bits per heavy atom. The highest BCUT2D eigenvalue weighted by atomic mass is 32.2. The molecular formula is C22H26N4O5S. The molecule has 2 aliphatic heterocycles. The van der Waals surface area contributed by atoms with E-state index in [1.807, 2.05) is 51.1 Å². The van der Waals surface area contributed by atoms with Crippen LogP contribution in [0.5, 0.6) is 0 Å². The number of carbonyl (C=O) groups excluding carboxylic acids is 1. The Morgan fingerprint density at radius 3 is 2.19 bits per heavy atom. The van der Waals surface area contributed by atoms with Crippen LogP contribution in [-0.2, 0) is 14.6 Å². The molecule has 1 atom stereocenters. The topological polar surface area (TPSA) is 104 Å². The summed E-state index contributed by atoms with van der Waals surface area (Å²) in [4.78, 5) is 30.1. The number of nitrogens with zero attached hydrogens (tertiary/aromatic N) is 4. The molecule has 2 fully saturated rings. The summed E-state index contributed by atoms with van der Waals surface area (Å²) in [6.07, 6.45) is 0. The Labute approximate surface area is 187 Å². The fourth-order valence-corrected chi connectivity index (χ4v) is 5.52. The van der Waals surface area contributed by atoms with Crippen LogP contribution in [0.4, 0.5) is 11.4 Å². The minimum atomic E-state index is -3.05. The summed E-state index contributed by atoms with van der Waals surface area (Å²) in [6.45, 7) is 2.81. The van der Waals surface area contributed by atoms with E-state index in [2.05, 4.69) is 0 Å². The van der Waals surface area contributed by atoms with Crippen molar-refractivity contribution in [1.82, 2.24) is 9.80 Å². The molecule has 32 heavy (non-hydrogen) atoms. The second kappa shape index (κ2) is 9.25. The summed E-state index contributed by atoms with van der Waals surface area (Å²) in [7, 11) is -3.05. The van der Waals surface area contributed by atoms with Crippen molar-refractivity contribution in [1.29, 1.82) is 0 Å². The molecule has 4 rings (SSSR count). The van der Waals surface area contributed by atoms with Gasteiger partial charge in [-0.3, -0.25) is 19.8 Å². The molecule has 2 aromatic carbocycles. The van der Waals surface area contributed by atoms with Crippen LogP contribution in [0.1, 0.15) is 11.6 Å². The smallest absolute Gasteiger partial charge is 0.271 e. The van der Waals surface area contributed by atoms with Gasteiger partial charge in [0.25, 0.3) is 5.69 Å². The molecule has 0 radical (unpaired) electrons. The van der Waals surface area contributed by atoms with Crippen molar-refractivity contribution in [3.63, 3.8) is 0 Å². The van der Waals surface area contributed by atoms with E-state index in [9.17, 15) is 23.3 Å². The number of rotatable bonds is 5. The van der Waals surface area contributed by atoms with Crippen LogP contribution >= 0.6 is 0 Å². The van der Waals surface area contributed by atoms with Gasteiger partial charge in [0.1, 0.15) is 6.04 Å². The van der Waals surface area contributed by atoms with Crippen LogP contribution in [0.3, 0.4) is 0 Å². The number of anilines is 1. The fraction of sp³-hybridized carbons (Fsp3) is 0.409.